The van der Waals surface area contributed by atoms with E-state index in [9.17, 15) is 0 Å². The molecule has 0 spiro atoms. The molecule has 3 atom stereocenters. The largest absolute Gasteiger partial charge is 0.342 e. The van der Waals surface area contributed by atoms with Crippen LogP contribution in [-0.2, 0) is 63.4 Å². The van der Waals surface area contributed by atoms with Crippen molar-refractivity contribution in [2.45, 2.75) is 78.8 Å². The van der Waals surface area contributed by atoms with Crippen molar-refractivity contribution >= 4 is 49.9 Å². The van der Waals surface area contributed by atoms with Gasteiger partial charge < -0.3 is 14.7 Å². The summed E-state index contributed by atoms with van der Waals surface area (Å²) in [6.07, 6.45) is 26.5. The molecule has 17 nitrogen and oxygen atoms in total. The van der Waals surface area contributed by atoms with Gasteiger partial charge in [0, 0.05) is 115 Å². The van der Waals surface area contributed by atoms with Gasteiger partial charge in [-0.2, -0.15) is 18.3 Å². The summed E-state index contributed by atoms with van der Waals surface area (Å²) in [7, 11) is 25.4. The molecule has 0 aliphatic carbocycles. The summed E-state index contributed by atoms with van der Waals surface area (Å²) in [4.78, 5) is 13.5. The number of fused-ring (bicyclic) bond motifs is 3. The molecule has 3 aliphatic heterocycles. The van der Waals surface area contributed by atoms with E-state index in [2.05, 4.69) is 481 Å². The molecule has 17 heteroatoms. The summed E-state index contributed by atoms with van der Waals surface area (Å²) < 4.78 is 24.6. The van der Waals surface area contributed by atoms with Gasteiger partial charge in [-0.25, -0.2) is 37.5 Å². The van der Waals surface area contributed by atoms with Crippen LogP contribution in [0.4, 0.5) is 17.5 Å². The zero-order valence-corrected chi connectivity index (χ0v) is 65.4. The van der Waals surface area contributed by atoms with E-state index >= 15 is 0 Å². The number of benzene rings is 4. The minimum atomic E-state index is 0.308. The standard InChI is InChI=1S/C26H34N5.3C21H24N4/c1-19(2)21-11-8-12-22(20(3)4)25(21)30-18-17-27(5)26(30)23-13-9-14-24(29(23)7)31-16-10-15-28(31)6;1-16-22(2)12-13-25(16)21-11-7-10-19(24(21)4)20-14-17-8-5-6-9-18(17)15-23(20)3;1-16-22(2)14-15-25(16)21-11-7-10-19(24(21)4)20-13-12-17-8-5-6-9-18(17)23(20)3;1-16-22(2)14-15-25(16)20-11-7-10-19(24(20)4)21-18-9-6-5-8-17(18)12-13-23(21)3/h8-20H,1-7H3;3*5-16H,1-4H3/q+3;3*+2/t;3*16-/m.000/s1. The number of anilines is 3. The Morgan fingerprint density at radius 1 is 0.340 bits per heavy atom. The average Bonchev–Trinajstić information content (AvgIpc) is 1.46. The van der Waals surface area contributed by atoms with Crippen molar-refractivity contribution < 1.29 is 41.2 Å². The predicted molar refractivity (Wildman–Crippen MR) is 424 cm³/mol. The number of aromatic nitrogens is 11. The fraction of sp³-hybridized carbons (Fsp3) is 0.270. The number of imidazole rings is 1. The summed E-state index contributed by atoms with van der Waals surface area (Å²) in [6, 6.07) is 69.2. The molecule has 0 fully saturated rings. The minimum Gasteiger partial charge on any atom is -0.339 e. The molecule has 0 N–H and O–H groups in total. The molecule has 4 aromatic carbocycles. The van der Waals surface area contributed by atoms with Crippen LogP contribution in [0.25, 0.3) is 89.6 Å². The van der Waals surface area contributed by atoms with E-state index in [1.54, 1.807) is 0 Å². The predicted octanol–water partition coefficient (Wildman–Crippen LogP) is 11.8. The van der Waals surface area contributed by atoms with E-state index < -0.39 is 0 Å². The first-order valence-electron chi connectivity index (χ1n) is 36.9. The van der Waals surface area contributed by atoms with E-state index in [1.165, 1.54) is 101 Å². The molecule has 0 saturated carbocycles. The molecule has 0 saturated heterocycles. The maximum absolute atomic E-state index is 2.37. The lowest BCUT2D eigenvalue weighted by atomic mass is 9.92. The highest BCUT2D eigenvalue weighted by Crippen LogP contribution is 2.34. The molecule has 106 heavy (non-hydrogen) atoms. The zero-order chi connectivity index (χ0) is 74.9. The summed E-state index contributed by atoms with van der Waals surface area (Å²) in [5.74, 6) is 6.69. The maximum atomic E-state index is 2.37. The zero-order valence-electron chi connectivity index (χ0n) is 65.4. The summed E-state index contributed by atoms with van der Waals surface area (Å²) >= 11 is 0. The van der Waals surface area contributed by atoms with E-state index in [-0.39, 0.29) is 0 Å². The van der Waals surface area contributed by atoms with Gasteiger partial charge in [-0.1, -0.05) is 94.4 Å². The van der Waals surface area contributed by atoms with Gasteiger partial charge in [0.25, 0.3) is 34.5 Å². The van der Waals surface area contributed by atoms with Crippen LogP contribution in [0.5, 0.6) is 0 Å². The third-order valence-electron chi connectivity index (χ3n) is 21.8. The Balaban J connectivity index is 0.000000126. The number of rotatable bonds is 11. The van der Waals surface area contributed by atoms with Crippen molar-refractivity contribution in [3.8, 4) is 57.2 Å². The van der Waals surface area contributed by atoms with Gasteiger partial charge in [0.05, 0.1) is 46.7 Å². The van der Waals surface area contributed by atoms with E-state index in [1.807, 2.05) is 0 Å². The Bertz CT molecular complexity index is 5390. The van der Waals surface area contributed by atoms with E-state index in [4.69, 9.17) is 0 Å². The van der Waals surface area contributed by atoms with Crippen LogP contribution in [-0.4, -0.2) is 63.6 Å². The fourth-order valence-electron chi connectivity index (χ4n) is 15.1. The van der Waals surface area contributed by atoms with Gasteiger partial charge in [0.2, 0.25) is 17.4 Å². The molecular formula is C89H106N17+9. The van der Waals surface area contributed by atoms with Gasteiger partial charge in [0.1, 0.15) is 57.8 Å². The second kappa shape index (κ2) is 30.5. The SMILES string of the molecule is CC(C)c1cccc(C(C)C)c1-n1cc[n+](C)c1-c1cccc(-n2ccc[n+]2C)[n+]1C.C[C@H]1N(C)C=CN1c1cccc(-c2c3ccccc3cc[n+]2C)[n+]1C.C[C@H]1N(C)C=CN1c1cccc(-c2cc3ccccc3c[n+]2C)[n+]1C.C[C@H]1N(C)C=CN1c1cccc(-c2ccc3ccccc3[n+]2C)[n+]1C. The Morgan fingerprint density at radius 3 is 1.34 bits per heavy atom. The molecule has 0 unspecified atom stereocenters. The molecule has 3 aliphatic rings. The first-order valence-corrected chi connectivity index (χ1v) is 36.9. The Labute approximate surface area is 626 Å². The first-order chi connectivity index (χ1) is 51.0. The smallest absolute Gasteiger partial charge is 0.339 e. The highest BCUT2D eigenvalue weighted by Gasteiger charge is 2.36. The third kappa shape index (κ3) is 13.8. The lowest BCUT2D eigenvalue weighted by molar-refractivity contribution is -0.764. The Morgan fingerprint density at radius 2 is 0.802 bits per heavy atom. The Hall–Kier alpha value is -11.9. The summed E-state index contributed by atoms with van der Waals surface area (Å²) in [6.45, 7) is 15.7. The molecule has 0 radical (unpaired) electrons. The highest BCUT2D eigenvalue weighted by molar-refractivity contribution is 5.91. The van der Waals surface area contributed by atoms with Crippen LogP contribution in [0.2, 0.25) is 0 Å². The molecule has 0 bridgehead atoms. The topological polar surface area (TPSA) is 64.2 Å². The normalized spacial score (nSPS) is 15.3. The second-order valence-electron chi connectivity index (χ2n) is 29.0. The fourth-order valence-corrected chi connectivity index (χ4v) is 15.1. The van der Waals surface area contributed by atoms with Gasteiger partial charge >= 0.3 is 11.6 Å². The Kier molecular flexibility index (Phi) is 20.8. The van der Waals surface area contributed by atoms with Crippen molar-refractivity contribution in [3.63, 3.8) is 0 Å². The van der Waals surface area contributed by atoms with Crippen molar-refractivity contribution in [3.05, 3.63) is 280 Å². The van der Waals surface area contributed by atoms with Crippen molar-refractivity contribution in [2.75, 3.05) is 35.8 Å². The molecule has 9 aromatic heterocycles. The van der Waals surface area contributed by atoms with Crippen LogP contribution < -0.4 is 55.9 Å². The maximum Gasteiger partial charge on any atom is 0.342 e. The molecule has 16 rings (SSSR count). The number of hydrogen-bond acceptors (Lipinski definition) is 6. The van der Waals surface area contributed by atoms with Crippen molar-refractivity contribution in [1.82, 2.24) is 23.9 Å². The van der Waals surface area contributed by atoms with Crippen LogP contribution in [0.1, 0.15) is 71.4 Å². The van der Waals surface area contributed by atoms with E-state index in [0.717, 1.165) is 17.3 Å². The van der Waals surface area contributed by atoms with Crippen molar-refractivity contribution in [2.24, 2.45) is 63.4 Å². The van der Waals surface area contributed by atoms with Gasteiger partial charge in [-0.05, 0) is 121 Å². The van der Waals surface area contributed by atoms with E-state index in [0.29, 0.717) is 30.3 Å². The molecule has 0 amide bonds. The number of aryl methyl sites for hydroxylation is 5. The van der Waals surface area contributed by atoms with Crippen LogP contribution >= 0.6 is 0 Å². The number of nitrogens with zero attached hydrogens (tertiary/aromatic N) is 17. The number of hydrogen-bond donors (Lipinski definition) is 0. The monoisotopic (exact) mass is 1410 g/mol. The highest BCUT2D eigenvalue weighted by atomic mass is 15.4. The van der Waals surface area contributed by atoms with Gasteiger partial charge in [-0.15, -0.1) is 0 Å². The minimum absolute atomic E-state index is 0.308. The van der Waals surface area contributed by atoms with Crippen LogP contribution in [0.3, 0.4) is 0 Å². The molecule has 12 heterocycles. The van der Waals surface area contributed by atoms with Crippen LogP contribution in [0.15, 0.2) is 269 Å². The van der Waals surface area contributed by atoms with Crippen molar-refractivity contribution in [1.29, 1.82) is 0 Å². The lowest BCUT2D eigenvalue weighted by Crippen LogP contribution is -2.47. The quantitative estimate of drug-likeness (QED) is 0.120. The lowest BCUT2D eigenvalue weighted by Gasteiger charge is -2.21. The second-order valence-corrected chi connectivity index (χ2v) is 29.0. The van der Waals surface area contributed by atoms with Gasteiger partial charge in [0.15, 0.2) is 61.2 Å². The average molecular weight is 1410 g/mol. The van der Waals surface area contributed by atoms with Crippen LogP contribution in [0, 0.1) is 0 Å². The first kappa shape index (κ1) is 72.5. The molecular weight excluding hydrogens is 1310 g/mol. The number of pyridine rings is 7. The molecule has 538 valence electrons. The van der Waals surface area contributed by atoms with Gasteiger partial charge in [-0.3, -0.25) is 0 Å². The summed E-state index contributed by atoms with van der Waals surface area (Å²) in [5.41, 5.74) is 13.7. The third-order valence-corrected chi connectivity index (χ3v) is 21.8. The summed E-state index contributed by atoms with van der Waals surface area (Å²) in [5, 5.41) is 6.29. The molecule has 13 aromatic rings. The number of para-hydroxylation sites is 2.